The van der Waals surface area contributed by atoms with Crippen LogP contribution in [0.25, 0.3) is 0 Å². The van der Waals surface area contributed by atoms with Gasteiger partial charge in [-0.25, -0.2) is 4.98 Å². The molecule has 94 valence electrons. The van der Waals surface area contributed by atoms with E-state index in [1.807, 2.05) is 44.4 Å². The molecule has 0 bridgehead atoms. The van der Waals surface area contributed by atoms with Gasteiger partial charge in [0, 0.05) is 14.1 Å². The van der Waals surface area contributed by atoms with Gasteiger partial charge in [0.15, 0.2) is 0 Å². The number of hydrogen-bond donors (Lipinski definition) is 1. The average molecular weight is 306 g/mol. The van der Waals surface area contributed by atoms with Crippen LogP contribution in [0, 0.1) is 0 Å². The average Bonchev–Trinajstić information content (AvgIpc) is 2.37. The Labute approximate surface area is 116 Å². The summed E-state index contributed by atoms with van der Waals surface area (Å²) in [5.41, 5.74) is 3.30. The van der Waals surface area contributed by atoms with Gasteiger partial charge in [-0.2, -0.15) is 0 Å². The lowest BCUT2D eigenvalue weighted by Gasteiger charge is -2.18. The molecule has 0 fully saturated rings. The number of nitrogens with one attached hydrogen (secondary N) is 1. The van der Waals surface area contributed by atoms with Crippen molar-refractivity contribution in [2.75, 3.05) is 24.3 Å². The van der Waals surface area contributed by atoms with Crippen molar-refractivity contribution in [3.05, 3.63) is 52.8 Å². The Hall–Kier alpha value is -1.55. The topological polar surface area (TPSA) is 28.2 Å². The Morgan fingerprint density at radius 2 is 1.89 bits per heavy atom. The van der Waals surface area contributed by atoms with Crippen molar-refractivity contribution in [3.8, 4) is 0 Å². The number of nitrogens with zero attached hydrogens (tertiary/aromatic N) is 2. The van der Waals surface area contributed by atoms with E-state index in [1.54, 1.807) is 0 Å². The molecule has 0 unspecified atom stereocenters. The molecule has 0 atom stereocenters. The van der Waals surface area contributed by atoms with Crippen LogP contribution in [0.3, 0.4) is 0 Å². The number of pyridine rings is 1. The van der Waals surface area contributed by atoms with E-state index in [4.69, 9.17) is 0 Å². The molecule has 1 N–H and O–H groups in total. The van der Waals surface area contributed by atoms with Crippen LogP contribution in [0.2, 0.25) is 0 Å². The van der Waals surface area contributed by atoms with Crippen LogP contribution in [0.4, 0.5) is 11.4 Å². The first-order valence-electron chi connectivity index (χ1n) is 5.78. The van der Waals surface area contributed by atoms with Gasteiger partial charge >= 0.3 is 0 Å². The third kappa shape index (κ3) is 3.23. The zero-order valence-electron chi connectivity index (χ0n) is 10.5. The summed E-state index contributed by atoms with van der Waals surface area (Å²) in [6, 6.07) is 14.2. The van der Waals surface area contributed by atoms with Crippen LogP contribution in [0.1, 0.15) is 5.69 Å². The van der Waals surface area contributed by atoms with Crippen molar-refractivity contribution in [1.82, 2.24) is 4.98 Å². The molecule has 18 heavy (non-hydrogen) atoms. The predicted octanol–water partition coefficient (Wildman–Crippen LogP) is 3.52. The summed E-state index contributed by atoms with van der Waals surface area (Å²) in [5, 5.41) is 3.41. The van der Waals surface area contributed by atoms with Gasteiger partial charge in [0.05, 0.1) is 23.6 Å². The molecule has 1 aromatic carbocycles. The lowest BCUT2D eigenvalue weighted by atomic mass is 10.2. The van der Waals surface area contributed by atoms with Gasteiger partial charge in [-0.15, -0.1) is 0 Å². The summed E-state index contributed by atoms with van der Waals surface area (Å²) in [6.07, 6.45) is 0. The summed E-state index contributed by atoms with van der Waals surface area (Å²) in [5.74, 6) is 0. The molecular formula is C14H16BrN3. The minimum atomic E-state index is 0.713. The number of benzene rings is 1. The van der Waals surface area contributed by atoms with Crippen LogP contribution < -0.4 is 10.2 Å². The van der Waals surface area contributed by atoms with E-state index < -0.39 is 0 Å². The highest BCUT2D eigenvalue weighted by Gasteiger charge is 2.03. The Balaban J connectivity index is 2.11. The van der Waals surface area contributed by atoms with Crippen LogP contribution in [-0.2, 0) is 6.54 Å². The largest absolute Gasteiger partial charge is 0.378 e. The lowest BCUT2D eigenvalue weighted by molar-refractivity contribution is 1.02. The maximum atomic E-state index is 4.40. The molecule has 0 radical (unpaired) electrons. The fourth-order valence-corrected chi connectivity index (χ4v) is 2.13. The smallest absolute Gasteiger partial charge is 0.106 e. The molecule has 0 saturated carbocycles. The Bertz CT molecular complexity index is 526. The number of para-hydroxylation sites is 2. The van der Waals surface area contributed by atoms with Crippen LogP contribution >= 0.6 is 15.9 Å². The molecule has 2 rings (SSSR count). The summed E-state index contributed by atoms with van der Waals surface area (Å²) >= 11 is 3.38. The minimum Gasteiger partial charge on any atom is -0.378 e. The molecule has 0 aliphatic carbocycles. The molecule has 4 heteroatoms. The van der Waals surface area contributed by atoms with Crippen LogP contribution in [0.5, 0.6) is 0 Å². The van der Waals surface area contributed by atoms with E-state index in [0.717, 1.165) is 16.0 Å². The Kier molecular flexibility index (Phi) is 4.20. The van der Waals surface area contributed by atoms with Crippen molar-refractivity contribution < 1.29 is 0 Å². The first kappa shape index (κ1) is 12.9. The number of hydrogen-bond acceptors (Lipinski definition) is 3. The third-order valence-corrected chi connectivity index (χ3v) is 3.06. The van der Waals surface area contributed by atoms with Crippen molar-refractivity contribution >= 4 is 27.3 Å². The van der Waals surface area contributed by atoms with Crippen LogP contribution in [0.15, 0.2) is 47.1 Å². The Morgan fingerprint density at radius 1 is 1.11 bits per heavy atom. The summed E-state index contributed by atoms with van der Waals surface area (Å²) < 4.78 is 0.864. The minimum absolute atomic E-state index is 0.713. The van der Waals surface area contributed by atoms with E-state index >= 15 is 0 Å². The number of rotatable bonds is 4. The normalized spacial score (nSPS) is 10.2. The highest BCUT2D eigenvalue weighted by Crippen LogP contribution is 2.23. The molecule has 0 saturated heterocycles. The number of halogens is 1. The predicted molar refractivity (Wildman–Crippen MR) is 80.0 cm³/mol. The van der Waals surface area contributed by atoms with Gasteiger partial charge in [-0.1, -0.05) is 18.2 Å². The van der Waals surface area contributed by atoms with Crippen molar-refractivity contribution in [2.45, 2.75) is 6.54 Å². The number of aromatic nitrogens is 1. The van der Waals surface area contributed by atoms with Gasteiger partial charge < -0.3 is 10.2 Å². The van der Waals surface area contributed by atoms with Crippen LogP contribution in [-0.4, -0.2) is 19.1 Å². The van der Waals surface area contributed by atoms with Gasteiger partial charge in [-0.3, -0.25) is 0 Å². The zero-order valence-corrected chi connectivity index (χ0v) is 12.1. The molecule has 0 spiro atoms. The second-order valence-electron chi connectivity index (χ2n) is 4.22. The van der Waals surface area contributed by atoms with Gasteiger partial charge in [0.25, 0.3) is 0 Å². The second-order valence-corrected chi connectivity index (χ2v) is 5.03. The van der Waals surface area contributed by atoms with E-state index in [1.165, 1.54) is 5.69 Å². The lowest BCUT2D eigenvalue weighted by Crippen LogP contribution is -2.12. The first-order chi connectivity index (χ1) is 8.66. The molecule has 1 heterocycles. The van der Waals surface area contributed by atoms with Gasteiger partial charge in [-0.05, 0) is 40.2 Å². The fourth-order valence-electron chi connectivity index (χ4n) is 1.75. The van der Waals surface area contributed by atoms with Crippen molar-refractivity contribution in [3.63, 3.8) is 0 Å². The maximum absolute atomic E-state index is 4.40. The van der Waals surface area contributed by atoms with Crippen molar-refractivity contribution in [2.24, 2.45) is 0 Å². The summed E-state index contributed by atoms with van der Waals surface area (Å²) in [4.78, 5) is 6.50. The van der Waals surface area contributed by atoms with Crippen molar-refractivity contribution in [1.29, 1.82) is 0 Å². The quantitative estimate of drug-likeness (QED) is 0.876. The maximum Gasteiger partial charge on any atom is 0.106 e. The fraction of sp³-hybridized carbons (Fsp3) is 0.214. The molecule has 2 aromatic rings. The molecular weight excluding hydrogens is 290 g/mol. The SMILES string of the molecule is CN(C)c1ccccc1NCc1cccc(Br)n1. The molecule has 0 aliphatic heterocycles. The third-order valence-electron chi connectivity index (χ3n) is 2.62. The van der Waals surface area contributed by atoms with E-state index in [0.29, 0.717) is 6.54 Å². The molecule has 0 aliphatic rings. The second kappa shape index (κ2) is 5.87. The summed E-state index contributed by atoms with van der Waals surface area (Å²) in [6.45, 7) is 0.713. The molecule has 0 amide bonds. The highest BCUT2D eigenvalue weighted by molar-refractivity contribution is 9.10. The molecule has 3 nitrogen and oxygen atoms in total. The highest BCUT2D eigenvalue weighted by atomic mass is 79.9. The Morgan fingerprint density at radius 3 is 2.61 bits per heavy atom. The van der Waals surface area contributed by atoms with E-state index in [9.17, 15) is 0 Å². The van der Waals surface area contributed by atoms with E-state index in [-0.39, 0.29) is 0 Å². The van der Waals surface area contributed by atoms with E-state index in [2.05, 4.69) is 43.3 Å². The molecule has 1 aromatic heterocycles. The standard InChI is InChI=1S/C14H16BrN3/c1-18(2)13-8-4-3-7-12(13)16-10-11-6-5-9-14(15)17-11/h3-9,16H,10H2,1-2H3. The number of anilines is 2. The zero-order chi connectivity index (χ0) is 13.0. The summed E-state index contributed by atoms with van der Waals surface area (Å²) in [7, 11) is 4.08. The first-order valence-corrected chi connectivity index (χ1v) is 6.58. The van der Waals surface area contributed by atoms with Gasteiger partial charge in [0.1, 0.15) is 4.60 Å². The monoisotopic (exact) mass is 305 g/mol. The van der Waals surface area contributed by atoms with Gasteiger partial charge in [0.2, 0.25) is 0 Å².